The molecule has 0 radical (unpaired) electrons. The van der Waals surface area contributed by atoms with Gasteiger partial charge in [-0.25, -0.2) is 0 Å². The van der Waals surface area contributed by atoms with Gasteiger partial charge in [-0.05, 0) is 43.4 Å². The van der Waals surface area contributed by atoms with E-state index in [0.29, 0.717) is 18.5 Å². The number of aryl methyl sites for hydroxylation is 1. The molecule has 0 bridgehead atoms. The number of aromatic nitrogens is 1. The molecular formula is C27H33N3O2. The van der Waals surface area contributed by atoms with Crippen LogP contribution in [0.25, 0.3) is 10.9 Å². The normalized spacial score (nSPS) is 16.6. The van der Waals surface area contributed by atoms with Crippen LogP contribution in [0, 0.1) is 12.8 Å². The molecule has 1 aliphatic heterocycles. The van der Waals surface area contributed by atoms with Crippen LogP contribution in [0.5, 0.6) is 0 Å². The molecule has 2 unspecified atom stereocenters. The summed E-state index contributed by atoms with van der Waals surface area (Å²) in [5.74, 6) is 0.151. The Kier molecular flexibility index (Phi) is 6.09. The zero-order valence-electron chi connectivity index (χ0n) is 19.7. The molecule has 2 heterocycles. The Hall–Kier alpha value is -3.08. The van der Waals surface area contributed by atoms with Crippen LogP contribution in [-0.2, 0) is 11.8 Å². The van der Waals surface area contributed by atoms with E-state index in [1.807, 2.05) is 48.2 Å². The van der Waals surface area contributed by atoms with Gasteiger partial charge in [0.25, 0.3) is 5.91 Å². The summed E-state index contributed by atoms with van der Waals surface area (Å²) < 4.78 is 2.18. The van der Waals surface area contributed by atoms with E-state index in [1.165, 1.54) is 0 Å². The lowest BCUT2D eigenvalue weighted by Gasteiger charge is -2.34. The predicted molar refractivity (Wildman–Crippen MR) is 129 cm³/mol. The highest BCUT2D eigenvalue weighted by Crippen LogP contribution is 2.45. The summed E-state index contributed by atoms with van der Waals surface area (Å²) >= 11 is 0. The van der Waals surface area contributed by atoms with Crippen LogP contribution >= 0.6 is 0 Å². The molecular weight excluding hydrogens is 398 g/mol. The van der Waals surface area contributed by atoms with Gasteiger partial charge in [0.1, 0.15) is 6.04 Å². The monoisotopic (exact) mass is 431 g/mol. The maximum atomic E-state index is 13.8. The molecule has 1 N–H and O–H groups in total. The number of fused-ring (bicyclic) bond motifs is 2. The first-order chi connectivity index (χ1) is 15.4. The molecule has 2 atom stereocenters. The standard InChI is InChI=1S/C27H33N3O2/c1-6-15-28-26(31)23(16-17(2)3)30-25(19-11-7-8-12-20(19)27(30)32)24-18(4)29(5)22-14-10-9-13-21(22)24/h7-14,17,23,25H,6,15-16H2,1-5H3,(H,28,31). The summed E-state index contributed by atoms with van der Waals surface area (Å²) in [6.07, 6.45) is 1.48. The van der Waals surface area contributed by atoms with E-state index in [4.69, 9.17) is 0 Å². The molecule has 0 aliphatic carbocycles. The van der Waals surface area contributed by atoms with Gasteiger partial charge >= 0.3 is 0 Å². The average Bonchev–Trinajstić information content (AvgIpc) is 3.21. The fourth-order valence-corrected chi connectivity index (χ4v) is 5.01. The van der Waals surface area contributed by atoms with Gasteiger partial charge in [0, 0.05) is 41.3 Å². The number of carbonyl (C=O) groups is 2. The first-order valence-electron chi connectivity index (χ1n) is 11.6. The Labute approximate surface area is 190 Å². The van der Waals surface area contributed by atoms with Gasteiger partial charge in [-0.15, -0.1) is 0 Å². The van der Waals surface area contributed by atoms with E-state index in [0.717, 1.165) is 34.1 Å². The zero-order chi connectivity index (χ0) is 23.0. The van der Waals surface area contributed by atoms with E-state index >= 15 is 0 Å². The van der Waals surface area contributed by atoms with Gasteiger partial charge in [0.05, 0.1) is 6.04 Å². The Morgan fingerprint density at radius 2 is 1.78 bits per heavy atom. The van der Waals surface area contributed by atoms with Crippen LogP contribution in [0.2, 0.25) is 0 Å². The molecule has 0 fully saturated rings. The Morgan fingerprint density at radius 1 is 1.09 bits per heavy atom. The first-order valence-corrected chi connectivity index (χ1v) is 11.6. The van der Waals surface area contributed by atoms with Crippen molar-refractivity contribution in [3.05, 3.63) is 70.9 Å². The quantitative estimate of drug-likeness (QED) is 0.574. The van der Waals surface area contributed by atoms with Gasteiger partial charge in [-0.2, -0.15) is 0 Å². The predicted octanol–water partition coefficient (Wildman–Crippen LogP) is 4.97. The molecule has 2 amide bonds. The number of nitrogens with zero attached hydrogens (tertiary/aromatic N) is 2. The lowest BCUT2D eigenvalue weighted by molar-refractivity contribution is -0.126. The molecule has 168 valence electrons. The fraction of sp³-hybridized carbons (Fsp3) is 0.407. The van der Waals surface area contributed by atoms with Crippen LogP contribution in [0.1, 0.15) is 66.8 Å². The molecule has 0 saturated carbocycles. The number of benzene rings is 2. The summed E-state index contributed by atoms with van der Waals surface area (Å²) in [5, 5.41) is 4.18. The maximum absolute atomic E-state index is 13.8. The summed E-state index contributed by atoms with van der Waals surface area (Å²) in [4.78, 5) is 29.0. The van der Waals surface area contributed by atoms with E-state index in [-0.39, 0.29) is 23.8 Å². The van der Waals surface area contributed by atoms with Crippen molar-refractivity contribution in [2.45, 2.75) is 52.6 Å². The molecule has 5 heteroatoms. The minimum absolute atomic E-state index is 0.0600. The van der Waals surface area contributed by atoms with Gasteiger partial charge in [-0.3, -0.25) is 9.59 Å². The SMILES string of the molecule is CCCNC(=O)C(CC(C)C)N1C(=O)c2ccccc2C1c1c(C)n(C)c2ccccc12. The summed E-state index contributed by atoms with van der Waals surface area (Å²) in [7, 11) is 2.06. The van der Waals surface area contributed by atoms with Crippen molar-refractivity contribution in [3.8, 4) is 0 Å². The van der Waals surface area contributed by atoms with Gasteiger partial charge < -0.3 is 14.8 Å². The summed E-state index contributed by atoms with van der Waals surface area (Å²) in [6.45, 7) is 8.96. The van der Waals surface area contributed by atoms with Crippen molar-refractivity contribution in [2.24, 2.45) is 13.0 Å². The van der Waals surface area contributed by atoms with Crippen LogP contribution in [0.4, 0.5) is 0 Å². The van der Waals surface area contributed by atoms with E-state index in [1.54, 1.807) is 0 Å². The number of hydrogen-bond acceptors (Lipinski definition) is 2. The molecule has 3 aromatic rings. The highest BCUT2D eigenvalue weighted by Gasteiger charge is 2.45. The molecule has 5 nitrogen and oxygen atoms in total. The van der Waals surface area contributed by atoms with Crippen LogP contribution in [0.15, 0.2) is 48.5 Å². The molecule has 0 saturated heterocycles. The van der Waals surface area contributed by atoms with Crippen molar-refractivity contribution >= 4 is 22.7 Å². The number of hydrogen-bond donors (Lipinski definition) is 1. The lowest BCUT2D eigenvalue weighted by Crippen LogP contribution is -2.49. The topological polar surface area (TPSA) is 54.3 Å². The third-order valence-corrected chi connectivity index (χ3v) is 6.60. The molecule has 1 aliphatic rings. The lowest BCUT2D eigenvalue weighted by atomic mass is 9.93. The molecule has 0 spiro atoms. The van der Waals surface area contributed by atoms with Crippen LogP contribution in [-0.4, -0.2) is 33.9 Å². The van der Waals surface area contributed by atoms with Crippen molar-refractivity contribution < 1.29 is 9.59 Å². The maximum Gasteiger partial charge on any atom is 0.255 e. The number of para-hydroxylation sites is 1. The van der Waals surface area contributed by atoms with E-state index in [2.05, 4.69) is 49.8 Å². The number of nitrogens with one attached hydrogen (secondary N) is 1. The second-order valence-electron chi connectivity index (χ2n) is 9.21. The summed E-state index contributed by atoms with van der Waals surface area (Å²) in [5.41, 5.74) is 5.03. The molecule has 4 rings (SSSR count). The van der Waals surface area contributed by atoms with Crippen molar-refractivity contribution in [2.75, 3.05) is 6.54 Å². The third kappa shape index (κ3) is 3.60. The average molecular weight is 432 g/mol. The largest absolute Gasteiger partial charge is 0.354 e. The van der Waals surface area contributed by atoms with E-state index < -0.39 is 6.04 Å². The highest BCUT2D eigenvalue weighted by atomic mass is 16.2. The van der Waals surface area contributed by atoms with Gasteiger partial charge in [0.2, 0.25) is 5.91 Å². The van der Waals surface area contributed by atoms with Crippen molar-refractivity contribution in [3.63, 3.8) is 0 Å². The number of rotatable bonds is 7. The van der Waals surface area contributed by atoms with Crippen LogP contribution < -0.4 is 5.32 Å². The third-order valence-electron chi connectivity index (χ3n) is 6.60. The fourth-order valence-electron chi connectivity index (χ4n) is 5.01. The molecule has 1 aromatic heterocycles. The second kappa shape index (κ2) is 8.81. The highest BCUT2D eigenvalue weighted by molar-refractivity contribution is 6.03. The second-order valence-corrected chi connectivity index (χ2v) is 9.21. The Bertz CT molecular complexity index is 1160. The molecule has 32 heavy (non-hydrogen) atoms. The number of carbonyl (C=O) groups excluding carboxylic acids is 2. The first kappa shape index (κ1) is 22.1. The minimum atomic E-state index is -0.523. The minimum Gasteiger partial charge on any atom is -0.354 e. The van der Waals surface area contributed by atoms with Crippen molar-refractivity contribution in [1.29, 1.82) is 0 Å². The Balaban J connectivity index is 1.93. The van der Waals surface area contributed by atoms with Crippen molar-refractivity contribution in [1.82, 2.24) is 14.8 Å². The Morgan fingerprint density at radius 3 is 2.50 bits per heavy atom. The zero-order valence-corrected chi connectivity index (χ0v) is 19.7. The van der Waals surface area contributed by atoms with Crippen LogP contribution in [0.3, 0.4) is 0 Å². The summed E-state index contributed by atoms with van der Waals surface area (Å²) in [6, 6.07) is 15.3. The smallest absolute Gasteiger partial charge is 0.255 e. The number of amides is 2. The van der Waals surface area contributed by atoms with Gasteiger partial charge in [0.15, 0.2) is 0 Å². The molecule has 2 aromatic carbocycles. The van der Waals surface area contributed by atoms with Gasteiger partial charge in [-0.1, -0.05) is 57.2 Å². The van der Waals surface area contributed by atoms with E-state index in [9.17, 15) is 9.59 Å².